The zero-order chi connectivity index (χ0) is 11.7. The van der Waals surface area contributed by atoms with Crippen LogP contribution in [0.2, 0.25) is 0 Å². The molecule has 0 spiro atoms. The van der Waals surface area contributed by atoms with E-state index in [0.717, 1.165) is 0 Å². The maximum Gasteiger partial charge on any atom is 0.234 e. The molecule has 0 aromatic carbocycles. The molecule has 2 unspecified atom stereocenters. The van der Waals surface area contributed by atoms with E-state index in [4.69, 9.17) is 15.2 Å². The average molecular weight is 220 g/mol. The molecule has 0 fully saturated rings. The Morgan fingerprint density at radius 2 is 2.20 bits per heavy atom. The molecular weight excluding hydrogens is 200 g/mol. The first-order valence-electron chi connectivity index (χ1n) is 4.85. The van der Waals surface area contributed by atoms with Gasteiger partial charge in [-0.2, -0.15) is 0 Å². The minimum atomic E-state index is -0.649. The van der Waals surface area contributed by atoms with Crippen LogP contribution in [0.25, 0.3) is 0 Å². The van der Waals surface area contributed by atoms with E-state index >= 15 is 0 Å². The SMILES string of the molecule is COCCOCC(O)CNC(C)C(N)=O. The summed E-state index contributed by atoms with van der Waals surface area (Å²) in [5, 5.41) is 12.2. The topological polar surface area (TPSA) is 93.8 Å². The zero-order valence-corrected chi connectivity index (χ0v) is 9.23. The van der Waals surface area contributed by atoms with Crippen molar-refractivity contribution in [3.8, 4) is 0 Å². The molecular formula is C9H20N2O4. The van der Waals surface area contributed by atoms with Crippen molar-refractivity contribution in [2.24, 2.45) is 5.73 Å². The molecule has 0 aliphatic rings. The second-order valence-corrected chi connectivity index (χ2v) is 3.25. The Morgan fingerprint density at radius 3 is 2.73 bits per heavy atom. The molecule has 6 heteroatoms. The van der Waals surface area contributed by atoms with Crippen LogP contribution >= 0.6 is 0 Å². The molecule has 0 aliphatic carbocycles. The maximum absolute atomic E-state index is 10.6. The highest BCUT2D eigenvalue weighted by atomic mass is 16.5. The Morgan fingerprint density at radius 1 is 1.53 bits per heavy atom. The molecule has 0 bridgehead atoms. The third-order valence-electron chi connectivity index (χ3n) is 1.83. The summed E-state index contributed by atoms with van der Waals surface area (Å²) in [6, 6.07) is -0.446. The van der Waals surface area contributed by atoms with E-state index < -0.39 is 18.1 Å². The summed E-state index contributed by atoms with van der Waals surface area (Å²) in [4.78, 5) is 10.6. The van der Waals surface area contributed by atoms with Crippen molar-refractivity contribution in [2.75, 3.05) is 33.5 Å². The number of ether oxygens (including phenoxy) is 2. The van der Waals surface area contributed by atoms with Crippen molar-refractivity contribution in [2.45, 2.75) is 19.1 Å². The van der Waals surface area contributed by atoms with Gasteiger partial charge in [0, 0.05) is 13.7 Å². The average Bonchev–Trinajstić information content (AvgIpc) is 2.20. The molecule has 0 heterocycles. The Balaban J connectivity index is 3.40. The molecule has 6 nitrogen and oxygen atoms in total. The molecule has 90 valence electrons. The lowest BCUT2D eigenvalue weighted by molar-refractivity contribution is -0.119. The number of amides is 1. The van der Waals surface area contributed by atoms with E-state index in [1.54, 1.807) is 14.0 Å². The van der Waals surface area contributed by atoms with Crippen LogP contribution in [-0.2, 0) is 14.3 Å². The molecule has 0 aliphatic heterocycles. The van der Waals surface area contributed by atoms with Gasteiger partial charge in [-0.05, 0) is 6.92 Å². The van der Waals surface area contributed by atoms with Crippen LogP contribution in [0.1, 0.15) is 6.92 Å². The van der Waals surface area contributed by atoms with Crippen molar-refractivity contribution in [1.29, 1.82) is 0 Å². The van der Waals surface area contributed by atoms with Gasteiger partial charge in [0.2, 0.25) is 5.91 Å². The van der Waals surface area contributed by atoms with Crippen LogP contribution in [0.4, 0.5) is 0 Å². The second kappa shape index (κ2) is 8.60. The lowest BCUT2D eigenvalue weighted by Crippen LogP contribution is -2.43. The first-order chi connectivity index (χ1) is 7.07. The summed E-state index contributed by atoms with van der Waals surface area (Å²) in [7, 11) is 1.58. The third kappa shape index (κ3) is 8.31. The molecule has 1 amide bonds. The van der Waals surface area contributed by atoms with Gasteiger partial charge in [0.1, 0.15) is 0 Å². The van der Waals surface area contributed by atoms with Gasteiger partial charge >= 0.3 is 0 Å². The van der Waals surface area contributed by atoms with Crippen molar-refractivity contribution < 1.29 is 19.4 Å². The van der Waals surface area contributed by atoms with Gasteiger partial charge in [-0.25, -0.2) is 0 Å². The van der Waals surface area contributed by atoms with E-state index in [0.29, 0.717) is 13.2 Å². The van der Waals surface area contributed by atoms with Crippen LogP contribution < -0.4 is 11.1 Å². The fraction of sp³-hybridized carbons (Fsp3) is 0.889. The number of hydrogen-bond acceptors (Lipinski definition) is 5. The Hall–Kier alpha value is -0.690. The molecule has 0 saturated carbocycles. The zero-order valence-electron chi connectivity index (χ0n) is 9.23. The molecule has 0 aromatic rings. The van der Waals surface area contributed by atoms with E-state index in [-0.39, 0.29) is 13.2 Å². The molecule has 0 radical (unpaired) electrons. The van der Waals surface area contributed by atoms with Gasteiger partial charge in [-0.15, -0.1) is 0 Å². The number of aliphatic hydroxyl groups is 1. The third-order valence-corrected chi connectivity index (χ3v) is 1.83. The van der Waals surface area contributed by atoms with Gasteiger partial charge in [0.25, 0.3) is 0 Å². The minimum Gasteiger partial charge on any atom is -0.389 e. The van der Waals surface area contributed by atoms with Gasteiger partial charge in [-0.1, -0.05) is 0 Å². The van der Waals surface area contributed by atoms with Gasteiger partial charge in [-0.3, -0.25) is 4.79 Å². The van der Waals surface area contributed by atoms with Crippen molar-refractivity contribution in [1.82, 2.24) is 5.32 Å². The number of nitrogens with two attached hydrogens (primary N) is 1. The van der Waals surface area contributed by atoms with Crippen LogP contribution in [0.15, 0.2) is 0 Å². The predicted octanol–water partition coefficient (Wildman–Crippen LogP) is -1.53. The number of nitrogens with one attached hydrogen (secondary N) is 1. The van der Waals surface area contributed by atoms with Crippen LogP contribution in [0.5, 0.6) is 0 Å². The maximum atomic E-state index is 10.6. The summed E-state index contributed by atoms with van der Waals surface area (Å²) in [6.45, 7) is 3.07. The number of methoxy groups -OCH3 is 1. The van der Waals surface area contributed by atoms with Crippen LogP contribution in [0.3, 0.4) is 0 Å². The molecule has 0 aromatic heterocycles. The number of rotatable bonds is 9. The number of carbonyl (C=O) groups is 1. The molecule has 4 N–H and O–H groups in total. The van der Waals surface area contributed by atoms with E-state index in [2.05, 4.69) is 5.32 Å². The number of carbonyl (C=O) groups excluding carboxylic acids is 1. The minimum absolute atomic E-state index is 0.210. The molecule has 15 heavy (non-hydrogen) atoms. The van der Waals surface area contributed by atoms with E-state index in [1.165, 1.54) is 0 Å². The van der Waals surface area contributed by atoms with Crippen molar-refractivity contribution in [3.63, 3.8) is 0 Å². The van der Waals surface area contributed by atoms with E-state index in [1.807, 2.05) is 0 Å². The smallest absolute Gasteiger partial charge is 0.234 e. The van der Waals surface area contributed by atoms with E-state index in [9.17, 15) is 9.90 Å². The quantitative estimate of drug-likeness (QED) is 0.410. The number of aliphatic hydroxyl groups excluding tert-OH is 1. The molecule has 2 atom stereocenters. The van der Waals surface area contributed by atoms with Crippen LogP contribution in [-0.4, -0.2) is 56.6 Å². The van der Waals surface area contributed by atoms with Crippen LogP contribution in [0, 0.1) is 0 Å². The standard InChI is InChI=1S/C9H20N2O4/c1-7(9(10)13)11-5-8(12)6-15-4-3-14-2/h7-8,11-12H,3-6H2,1-2H3,(H2,10,13). The largest absolute Gasteiger partial charge is 0.389 e. The molecule has 0 saturated heterocycles. The first-order valence-corrected chi connectivity index (χ1v) is 4.85. The number of hydrogen-bond donors (Lipinski definition) is 3. The summed E-state index contributed by atoms with van der Waals surface area (Å²) < 4.78 is 9.87. The van der Waals surface area contributed by atoms with Crippen molar-refractivity contribution >= 4 is 5.91 Å². The lowest BCUT2D eigenvalue weighted by atomic mass is 10.3. The Kier molecular flexibility index (Phi) is 8.21. The monoisotopic (exact) mass is 220 g/mol. The summed E-state index contributed by atoms with van der Waals surface area (Å²) in [5.74, 6) is -0.442. The Labute approximate surface area is 89.7 Å². The predicted molar refractivity (Wildman–Crippen MR) is 55.4 cm³/mol. The van der Waals surface area contributed by atoms with Gasteiger partial charge in [0.15, 0.2) is 0 Å². The second-order valence-electron chi connectivity index (χ2n) is 3.25. The van der Waals surface area contributed by atoms with Crippen molar-refractivity contribution in [3.05, 3.63) is 0 Å². The fourth-order valence-corrected chi connectivity index (χ4v) is 0.834. The fourth-order valence-electron chi connectivity index (χ4n) is 0.834. The lowest BCUT2D eigenvalue weighted by Gasteiger charge is -2.14. The summed E-state index contributed by atoms with van der Waals surface area (Å²) in [6.07, 6.45) is -0.649. The number of primary amides is 1. The van der Waals surface area contributed by atoms with Gasteiger partial charge < -0.3 is 25.6 Å². The first kappa shape index (κ1) is 14.3. The summed E-state index contributed by atoms with van der Waals surface area (Å²) in [5.41, 5.74) is 5.03. The highest BCUT2D eigenvalue weighted by Crippen LogP contribution is 1.86. The highest BCUT2D eigenvalue weighted by Gasteiger charge is 2.10. The normalized spacial score (nSPS) is 14.9. The molecule has 0 rings (SSSR count). The Bertz CT molecular complexity index is 177. The summed E-state index contributed by atoms with van der Waals surface area (Å²) >= 11 is 0. The highest BCUT2D eigenvalue weighted by molar-refractivity contribution is 5.79. The van der Waals surface area contributed by atoms with Gasteiger partial charge in [0.05, 0.1) is 32.0 Å².